The maximum absolute atomic E-state index is 12.8. The molecule has 2 aromatic carbocycles. The Morgan fingerprint density at radius 2 is 1.62 bits per heavy atom. The van der Waals surface area contributed by atoms with Crippen molar-refractivity contribution < 1.29 is 9.59 Å². The molecule has 26 heavy (non-hydrogen) atoms. The topological polar surface area (TPSA) is 61.4 Å². The summed E-state index contributed by atoms with van der Waals surface area (Å²) >= 11 is 0. The third-order valence-corrected chi connectivity index (χ3v) is 5.24. The first kappa shape index (κ1) is 16.8. The highest BCUT2D eigenvalue weighted by molar-refractivity contribution is 6.04. The van der Waals surface area contributed by atoms with E-state index in [1.54, 1.807) is 36.4 Å². The van der Waals surface area contributed by atoms with E-state index in [-0.39, 0.29) is 11.8 Å². The van der Waals surface area contributed by atoms with Crippen molar-refractivity contribution in [2.24, 2.45) is 0 Å². The lowest BCUT2D eigenvalue weighted by Gasteiger charge is -2.24. The molecule has 5 heteroatoms. The van der Waals surface area contributed by atoms with Crippen LogP contribution in [-0.2, 0) is 0 Å². The Hall–Kier alpha value is -2.66. The lowest BCUT2D eigenvalue weighted by atomic mass is 10.1. The molecular weight excluding hydrogens is 326 g/mol. The van der Waals surface area contributed by atoms with Gasteiger partial charge in [0.25, 0.3) is 11.8 Å². The van der Waals surface area contributed by atoms with Gasteiger partial charge in [-0.2, -0.15) is 0 Å². The standard InChI is InChI=1S/C21H23N3O2/c25-20(15-4-2-1-3-5-15)23-17-8-6-16(7-9-17)21(26)24-13-12-18-10-11-19(14-24)22-18/h1-9,18-19,22H,10-14H2,(H,23,25). The molecule has 0 aliphatic carbocycles. The van der Waals surface area contributed by atoms with Gasteiger partial charge in [0, 0.05) is 42.0 Å². The summed E-state index contributed by atoms with van der Waals surface area (Å²) in [5.74, 6) is -0.0837. The molecule has 2 bridgehead atoms. The van der Waals surface area contributed by atoms with Crippen LogP contribution in [0.2, 0.25) is 0 Å². The van der Waals surface area contributed by atoms with Crippen LogP contribution in [0.5, 0.6) is 0 Å². The van der Waals surface area contributed by atoms with Gasteiger partial charge in [0.15, 0.2) is 0 Å². The van der Waals surface area contributed by atoms with Crippen molar-refractivity contribution in [3.05, 3.63) is 65.7 Å². The second-order valence-electron chi connectivity index (χ2n) is 7.08. The van der Waals surface area contributed by atoms with Crippen LogP contribution in [0.1, 0.15) is 40.0 Å². The fourth-order valence-corrected chi connectivity index (χ4v) is 3.80. The van der Waals surface area contributed by atoms with E-state index in [1.165, 1.54) is 6.42 Å². The molecule has 2 amide bonds. The van der Waals surface area contributed by atoms with E-state index < -0.39 is 0 Å². The van der Waals surface area contributed by atoms with Gasteiger partial charge < -0.3 is 15.5 Å². The molecular formula is C21H23N3O2. The summed E-state index contributed by atoms with van der Waals surface area (Å²) in [6.07, 6.45) is 3.40. The molecule has 0 spiro atoms. The van der Waals surface area contributed by atoms with Crippen molar-refractivity contribution >= 4 is 17.5 Å². The summed E-state index contributed by atoms with van der Waals surface area (Å²) < 4.78 is 0. The van der Waals surface area contributed by atoms with Gasteiger partial charge in [-0.05, 0) is 55.7 Å². The molecule has 0 saturated carbocycles. The van der Waals surface area contributed by atoms with Crippen molar-refractivity contribution in [3.8, 4) is 0 Å². The highest BCUT2D eigenvalue weighted by Gasteiger charge is 2.31. The Morgan fingerprint density at radius 1 is 0.885 bits per heavy atom. The first-order valence-corrected chi connectivity index (χ1v) is 9.21. The molecule has 2 saturated heterocycles. The van der Waals surface area contributed by atoms with Gasteiger partial charge >= 0.3 is 0 Å². The first-order valence-electron chi connectivity index (χ1n) is 9.21. The molecule has 2 aromatic rings. The van der Waals surface area contributed by atoms with Gasteiger partial charge in [-0.15, -0.1) is 0 Å². The average molecular weight is 349 g/mol. The minimum absolute atomic E-state index is 0.0697. The second kappa shape index (κ2) is 7.30. The van der Waals surface area contributed by atoms with E-state index in [9.17, 15) is 9.59 Å². The van der Waals surface area contributed by atoms with Gasteiger partial charge in [0.2, 0.25) is 0 Å². The van der Waals surface area contributed by atoms with Crippen LogP contribution in [0.3, 0.4) is 0 Å². The third-order valence-electron chi connectivity index (χ3n) is 5.24. The van der Waals surface area contributed by atoms with Crippen molar-refractivity contribution in [1.82, 2.24) is 10.2 Å². The molecule has 2 unspecified atom stereocenters. The largest absolute Gasteiger partial charge is 0.337 e. The highest BCUT2D eigenvalue weighted by Crippen LogP contribution is 2.22. The zero-order chi connectivity index (χ0) is 17.9. The van der Waals surface area contributed by atoms with Gasteiger partial charge in [-0.25, -0.2) is 0 Å². The zero-order valence-electron chi connectivity index (χ0n) is 14.7. The van der Waals surface area contributed by atoms with E-state index in [0.717, 1.165) is 25.9 Å². The molecule has 2 atom stereocenters. The lowest BCUT2D eigenvalue weighted by Crippen LogP contribution is -2.39. The predicted octanol–water partition coefficient (Wildman–Crippen LogP) is 2.91. The first-order chi connectivity index (χ1) is 12.7. The van der Waals surface area contributed by atoms with E-state index >= 15 is 0 Å². The van der Waals surface area contributed by atoms with Crippen LogP contribution in [-0.4, -0.2) is 41.9 Å². The maximum atomic E-state index is 12.8. The Morgan fingerprint density at radius 3 is 2.38 bits per heavy atom. The van der Waals surface area contributed by atoms with E-state index in [2.05, 4.69) is 10.6 Å². The van der Waals surface area contributed by atoms with Gasteiger partial charge in [0.1, 0.15) is 0 Å². The number of hydrogen-bond acceptors (Lipinski definition) is 3. The van der Waals surface area contributed by atoms with Crippen LogP contribution in [0.15, 0.2) is 54.6 Å². The van der Waals surface area contributed by atoms with Crippen molar-refractivity contribution in [2.45, 2.75) is 31.3 Å². The molecule has 0 radical (unpaired) electrons. The SMILES string of the molecule is O=C(Nc1ccc(C(=O)N2CCC3CCC(C2)N3)cc1)c1ccccc1. The molecule has 5 nitrogen and oxygen atoms in total. The number of carbonyl (C=O) groups excluding carboxylic acids is 2. The molecule has 0 aromatic heterocycles. The highest BCUT2D eigenvalue weighted by atomic mass is 16.2. The van der Waals surface area contributed by atoms with Crippen LogP contribution >= 0.6 is 0 Å². The molecule has 134 valence electrons. The Kier molecular flexibility index (Phi) is 4.71. The molecule has 2 N–H and O–H groups in total. The van der Waals surface area contributed by atoms with E-state index in [0.29, 0.717) is 28.9 Å². The van der Waals surface area contributed by atoms with Crippen LogP contribution in [0.25, 0.3) is 0 Å². The maximum Gasteiger partial charge on any atom is 0.255 e. The van der Waals surface area contributed by atoms with E-state index in [1.807, 2.05) is 23.1 Å². The number of rotatable bonds is 3. The van der Waals surface area contributed by atoms with Crippen molar-refractivity contribution in [1.29, 1.82) is 0 Å². The number of carbonyl (C=O) groups is 2. The number of nitrogens with one attached hydrogen (secondary N) is 2. The fraction of sp³-hybridized carbons (Fsp3) is 0.333. The Bertz CT molecular complexity index is 789. The lowest BCUT2D eigenvalue weighted by molar-refractivity contribution is 0.0748. The van der Waals surface area contributed by atoms with Crippen molar-refractivity contribution in [3.63, 3.8) is 0 Å². The summed E-state index contributed by atoms with van der Waals surface area (Å²) in [6, 6.07) is 17.2. The molecule has 2 aliphatic heterocycles. The normalized spacial score (nSPS) is 21.9. The van der Waals surface area contributed by atoms with E-state index in [4.69, 9.17) is 0 Å². The van der Waals surface area contributed by atoms with Gasteiger partial charge in [-0.3, -0.25) is 9.59 Å². The van der Waals surface area contributed by atoms with Gasteiger partial charge in [0.05, 0.1) is 0 Å². The van der Waals surface area contributed by atoms with Crippen LogP contribution in [0, 0.1) is 0 Å². The summed E-state index contributed by atoms with van der Waals surface area (Å²) in [4.78, 5) is 26.9. The summed E-state index contributed by atoms with van der Waals surface area (Å²) in [6.45, 7) is 1.58. The monoisotopic (exact) mass is 349 g/mol. The fourth-order valence-electron chi connectivity index (χ4n) is 3.80. The number of anilines is 1. The molecule has 2 heterocycles. The predicted molar refractivity (Wildman–Crippen MR) is 101 cm³/mol. The van der Waals surface area contributed by atoms with Crippen molar-refractivity contribution in [2.75, 3.05) is 18.4 Å². The van der Waals surface area contributed by atoms with Crippen LogP contribution in [0.4, 0.5) is 5.69 Å². The smallest absolute Gasteiger partial charge is 0.255 e. The number of hydrogen-bond donors (Lipinski definition) is 2. The minimum atomic E-state index is -0.153. The Labute approximate surface area is 153 Å². The van der Waals surface area contributed by atoms with Crippen LogP contribution < -0.4 is 10.6 Å². The second-order valence-corrected chi connectivity index (χ2v) is 7.08. The van der Waals surface area contributed by atoms with Gasteiger partial charge in [-0.1, -0.05) is 18.2 Å². The zero-order valence-corrected chi connectivity index (χ0v) is 14.7. The quantitative estimate of drug-likeness (QED) is 0.896. The third kappa shape index (κ3) is 3.63. The summed E-state index contributed by atoms with van der Waals surface area (Å²) in [7, 11) is 0. The molecule has 2 aliphatic rings. The number of likely N-dealkylation sites (tertiary alicyclic amines) is 1. The number of nitrogens with zero attached hydrogens (tertiary/aromatic N) is 1. The number of fused-ring (bicyclic) bond motifs is 2. The molecule has 2 fully saturated rings. The minimum Gasteiger partial charge on any atom is -0.337 e. The number of benzene rings is 2. The molecule has 4 rings (SSSR count). The number of amides is 2. The average Bonchev–Trinajstić information content (AvgIpc) is 3.01. The summed E-state index contributed by atoms with van der Waals surface area (Å²) in [5, 5.41) is 6.46. The Balaban J connectivity index is 1.41. The summed E-state index contributed by atoms with van der Waals surface area (Å²) in [5.41, 5.74) is 1.97.